The quantitative estimate of drug-likeness (QED) is 0.476. The van der Waals surface area contributed by atoms with Crippen LogP contribution in [-0.2, 0) is 0 Å². The number of nitrogens with one attached hydrogen (secondary N) is 2. The third-order valence-corrected chi connectivity index (χ3v) is 4.89. The Hall–Kier alpha value is -1.97. The number of aromatic nitrogens is 1. The van der Waals surface area contributed by atoms with Crippen molar-refractivity contribution in [1.29, 1.82) is 5.41 Å². The smallest absolute Gasteiger partial charge is 0.370 e. The molecule has 0 bridgehead atoms. The number of hydrogen-bond donors (Lipinski definition) is 3. The molecule has 1 aliphatic rings. The molecule has 0 saturated carbocycles. The lowest BCUT2D eigenvalue weighted by Crippen LogP contribution is -2.43. The Morgan fingerprint density at radius 2 is 2.00 bits per heavy atom. The van der Waals surface area contributed by atoms with Crippen LogP contribution < -0.4 is 5.73 Å². The Balaban J connectivity index is 0.00000210. The SMILES string of the molecule is Cl.Cl.N=C(N)N(CCCN1CCC(C(F)(F)F)C1)C(=O)c1cc2ccccc2[nH]1. The van der Waals surface area contributed by atoms with Crippen LogP contribution in [0, 0.1) is 11.3 Å². The minimum atomic E-state index is -4.16. The van der Waals surface area contributed by atoms with Gasteiger partial charge in [0, 0.05) is 24.0 Å². The molecule has 0 aliphatic carbocycles. The fourth-order valence-electron chi connectivity index (χ4n) is 3.42. The first kappa shape index (κ1) is 25.1. The van der Waals surface area contributed by atoms with Gasteiger partial charge in [0.15, 0.2) is 5.96 Å². The maximum Gasteiger partial charge on any atom is 0.393 e. The molecule has 1 unspecified atom stereocenters. The minimum Gasteiger partial charge on any atom is -0.370 e. The third kappa shape index (κ3) is 6.01. The number of H-pyrrole nitrogens is 1. The number of hydrogen-bond acceptors (Lipinski definition) is 3. The van der Waals surface area contributed by atoms with E-state index in [0.29, 0.717) is 25.2 Å². The normalized spacial score (nSPS) is 16.9. The molecular formula is C18H24Cl2F3N5O. The second-order valence-corrected chi connectivity index (χ2v) is 6.79. The number of benzene rings is 1. The van der Waals surface area contributed by atoms with Crippen molar-refractivity contribution >= 4 is 47.6 Å². The molecule has 11 heteroatoms. The van der Waals surface area contributed by atoms with Crippen LogP contribution in [0.5, 0.6) is 0 Å². The van der Waals surface area contributed by atoms with E-state index in [9.17, 15) is 18.0 Å². The van der Waals surface area contributed by atoms with Gasteiger partial charge in [-0.25, -0.2) is 0 Å². The molecule has 1 atom stereocenters. The van der Waals surface area contributed by atoms with Crippen molar-refractivity contribution in [2.75, 3.05) is 26.2 Å². The lowest BCUT2D eigenvalue weighted by molar-refractivity contribution is -0.170. The first-order chi connectivity index (χ1) is 12.8. The monoisotopic (exact) mass is 453 g/mol. The fraction of sp³-hybridized carbons (Fsp3) is 0.444. The molecule has 2 heterocycles. The zero-order valence-electron chi connectivity index (χ0n) is 15.5. The van der Waals surface area contributed by atoms with E-state index in [2.05, 4.69) is 4.98 Å². The van der Waals surface area contributed by atoms with Gasteiger partial charge in [0.1, 0.15) is 5.69 Å². The first-order valence-electron chi connectivity index (χ1n) is 8.78. The highest BCUT2D eigenvalue weighted by Gasteiger charge is 2.43. The summed E-state index contributed by atoms with van der Waals surface area (Å²) in [5.74, 6) is -2.09. The van der Waals surface area contributed by atoms with E-state index in [1.165, 1.54) is 0 Å². The van der Waals surface area contributed by atoms with E-state index in [-0.39, 0.29) is 50.3 Å². The van der Waals surface area contributed by atoms with Crippen LogP contribution in [0.3, 0.4) is 0 Å². The highest BCUT2D eigenvalue weighted by Crippen LogP contribution is 2.33. The summed E-state index contributed by atoms with van der Waals surface area (Å²) in [6, 6.07) is 9.11. The Labute approximate surface area is 178 Å². The first-order valence-corrected chi connectivity index (χ1v) is 8.78. The second-order valence-electron chi connectivity index (χ2n) is 6.79. The lowest BCUT2D eigenvalue weighted by atomic mass is 10.1. The van der Waals surface area contributed by atoms with Gasteiger partial charge >= 0.3 is 6.18 Å². The molecule has 1 aromatic heterocycles. The van der Waals surface area contributed by atoms with E-state index in [4.69, 9.17) is 11.1 Å². The van der Waals surface area contributed by atoms with E-state index >= 15 is 0 Å². The summed E-state index contributed by atoms with van der Waals surface area (Å²) in [5.41, 5.74) is 6.68. The van der Waals surface area contributed by atoms with E-state index < -0.39 is 18.0 Å². The topological polar surface area (TPSA) is 89.2 Å². The molecule has 1 fully saturated rings. The van der Waals surface area contributed by atoms with Gasteiger partial charge in [-0.05, 0) is 38.1 Å². The summed E-state index contributed by atoms with van der Waals surface area (Å²) in [5, 5.41) is 8.55. The van der Waals surface area contributed by atoms with Gasteiger partial charge < -0.3 is 15.6 Å². The lowest BCUT2D eigenvalue weighted by Gasteiger charge is -2.22. The van der Waals surface area contributed by atoms with Gasteiger partial charge in [-0.2, -0.15) is 13.2 Å². The van der Waals surface area contributed by atoms with Crippen molar-refractivity contribution < 1.29 is 18.0 Å². The Morgan fingerprint density at radius 3 is 2.59 bits per heavy atom. The molecule has 1 aliphatic heterocycles. The molecule has 1 saturated heterocycles. The zero-order chi connectivity index (χ0) is 19.6. The number of nitrogens with two attached hydrogens (primary N) is 1. The van der Waals surface area contributed by atoms with Crippen LogP contribution in [0.4, 0.5) is 13.2 Å². The maximum atomic E-state index is 12.7. The Bertz CT molecular complexity index is 809. The van der Waals surface area contributed by atoms with Crippen molar-refractivity contribution in [1.82, 2.24) is 14.8 Å². The highest BCUT2D eigenvalue weighted by atomic mass is 35.5. The highest BCUT2D eigenvalue weighted by molar-refractivity contribution is 6.05. The summed E-state index contributed by atoms with van der Waals surface area (Å²) >= 11 is 0. The maximum absolute atomic E-state index is 12.7. The summed E-state index contributed by atoms with van der Waals surface area (Å²) in [6.07, 6.45) is -3.62. The average Bonchev–Trinajstić information content (AvgIpc) is 3.24. The van der Waals surface area contributed by atoms with Gasteiger partial charge in [-0.1, -0.05) is 18.2 Å². The zero-order valence-corrected chi connectivity index (χ0v) is 17.2. The van der Waals surface area contributed by atoms with Crippen LogP contribution in [0.1, 0.15) is 23.3 Å². The number of nitrogens with zero attached hydrogens (tertiary/aromatic N) is 2. The van der Waals surface area contributed by atoms with E-state index in [1.54, 1.807) is 11.0 Å². The summed E-state index contributed by atoms with van der Waals surface area (Å²) in [4.78, 5) is 18.6. The fourth-order valence-corrected chi connectivity index (χ4v) is 3.42. The second kappa shape index (κ2) is 10.2. The Morgan fingerprint density at radius 1 is 1.31 bits per heavy atom. The average molecular weight is 454 g/mol. The van der Waals surface area contributed by atoms with Crippen molar-refractivity contribution in [2.45, 2.75) is 19.0 Å². The molecule has 162 valence electrons. The summed E-state index contributed by atoms with van der Waals surface area (Å²) < 4.78 is 38.2. The number of alkyl halides is 3. The number of amides is 1. The van der Waals surface area contributed by atoms with Gasteiger partial charge in [-0.3, -0.25) is 15.1 Å². The number of guanidine groups is 1. The molecule has 4 N–H and O–H groups in total. The molecular weight excluding hydrogens is 430 g/mol. The largest absolute Gasteiger partial charge is 0.393 e. The molecule has 6 nitrogen and oxygen atoms in total. The standard InChI is InChI=1S/C18H22F3N5O.2ClH/c19-18(20,21)13-6-9-25(11-13)7-3-8-26(17(22)23)16(27)15-10-12-4-1-2-5-14(12)24-15;;/h1-2,4-5,10,13,24H,3,6-9,11H2,(H3,22,23);2*1H. The number of likely N-dealkylation sites (tertiary alicyclic amines) is 1. The summed E-state index contributed by atoms with van der Waals surface area (Å²) in [7, 11) is 0. The number of aromatic amines is 1. The van der Waals surface area contributed by atoms with Crippen molar-refractivity contribution in [3.63, 3.8) is 0 Å². The van der Waals surface area contributed by atoms with Crippen molar-refractivity contribution in [2.24, 2.45) is 11.7 Å². The molecule has 0 spiro atoms. The van der Waals surface area contributed by atoms with Crippen LogP contribution in [-0.4, -0.2) is 59.0 Å². The van der Waals surface area contributed by atoms with Crippen molar-refractivity contribution in [3.05, 3.63) is 36.0 Å². The predicted octanol–water partition coefficient (Wildman–Crippen LogP) is 3.62. The van der Waals surface area contributed by atoms with Crippen molar-refractivity contribution in [3.8, 4) is 0 Å². The molecule has 2 aromatic rings. The number of halogens is 5. The van der Waals surface area contributed by atoms with Crippen LogP contribution >= 0.6 is 24.8 Å². The van der Waals surface area contributed by atoms with Gasteiger partial charge in [0.05, 0.1) is 5.92 Å². The van der Waals surface area contributed by atoms with Gasteiger partial charge in [0.25, 0.3) is 5.91 Å². The van der Waals surface area contributed by atoms with Crippen LogP contribution in [0.25, 0.3) is 10.9 Å². The third-order valence-electron chi connectivity index (χ3n) is 4.89. The van der Waals surface area contributed by atoms with Gasteiger partial charge in [-0.15, -0.1) is 24.8 Å². The number of rotatable bonds is 5. The molecule has 0 radical (unpaired) electrons. The molecule has 29 heavy (non-hydrogen) atoms. The molecule has 1 aromatic carbocycles. The number of para-hydroxylation sites is 1. The number of fused-ring (bicyclic) bond motifs is 1. The van der Waals surface area contributed by atoms with Gasteiger partial charge in [0.2, 0.25) is 0 Å². The minimum absolute atomic E-state index is 0. The summed E-state index contributed by atoms with van der Waals surface area (Å²) in [6.45, 7) is 0.979. The Kier molecular flexibility index (Phi) is 8.80. The number of carbonyl (C=O) groups excluding carboxylic acids is 1. The van der Waals surface area contributed by atoms with E-state index in [0.717, 1.165) is 15.8 Å². The molecule has 1 amide bonds. The molecule has 3 rings (SSSR count). The number of carbonyl (C=O) groups is 1. The van der Waals surface area contributed by atoms with E-state index in [1.807, 2.05) is 24.3 Å². The predicted molar refractivity (Wildman–Crippen MR) is 111 cm³/mol. The van der Waals surface area contributed by atoms with Crippen LogP contribution in [0.15, 0.2) is 30.3 Å². The van der Waals surface area contributed by atoms with Crippen LogP contribution in [0.2, 0.25) is 0 Å².